The Labute approximate surface area is 210 Å². The number of benzene rings is 1. The SMILES string of the molecule is CCN1C(=O)/C(=c2\s/c(=C/c3ccc4c(c3)C3CCCC3N4CC)c(=O)n2CC(=O)O)SC1=S. The highest BCUT2D eigenvalue weighted by atomic mass is 32.2. The lowest BCUT2D eigenvalue weighted by molar-refractivity contribution is -0.137. The van der Waals surface area contributed by atoms with Gasteiger partial charge in [0.1, 0.15) is 20.4 Å². The Kier molecular flexibility index (Phi) is 6.16. The fourth-order valence-corrected chi connectivity index (χ4v) is 8.04. The van der Waals surface area contributed by atoms with Crippen LogP contribution in [-0.2, 0) is 16.1 Å². The van der Waals surface area contributed by atoms with Crippen LogP contribution in [0.4, 0.5) is 5.69 Å². The summed E-state index contributed by atoms with van der Waals surface area (Å²) in [5.74, 6) is -0.896. The van der Waals surface area contributed by atoms with Crippen molar-refractivity contribution in [3.8, 4) is 0 Å². The molecule has 1 saturated heterocycles. The number of carbonyl (C=O) groups excluding carboxylic acids is 1. The summed E-state index contributed by atoms with van der Waals surface area (Å²) in [6.45, 7) is 4.91. The first kappa shape index (κ1) is 23.3. The minimum absolute atomic E-state index is 0.283. The number of anilines is 1. The Hall–Kier alpha value is -2.43. The predicted molar refractivity (Wildman–Crippen MR) is 140 cm³/mol. The van der Waals surface area contributed by atoms with Crippen LogP contribution in [0.25, 0.3) is 11.0 Å². The molecule has 0 bridgehead atoms. The summed E-state index contributed by atoms with van der Waals surface area (Å²) in [5, 5.41) is 9.41. The monoisotopic (exact) mass is 515 g/mol. The van der Waals surface area contributed by atoms with E-state index in [9.17, 15) is 19.5 Å². The van der Waals surface area contributed by atoms with Gasteiger partial charge >= 0.3 is 5.97 Å². The number of carboxylic acids is 1. The highest BCUT2D eigenvalue weighted by Gasteiger charge is 2.40. The van der Waals surface area contributed by atoms with Gasteiger partial charge in [0.15, 0.2) is 0 Å². The molecule has 3 aliphatic rings. The molecule has 2 aromatic rings. The van der Waals surface area contributed by atoms with Gasteiger partial charge in [0.25, 0.3) is 11.5 Å². The van der Waals surface area contributed by atoms with Gasteiger partial charge in [-0.05, 0) is 56.0 Å². The van der Waals surface area contributed by atoms with Gasteiger partial charge in [-0.25, -0.2) is 0 Å². The van der Waals surface area contributed by atoms with E-state index in [0.717, 1.165) is 35.2 Å². The Morgan fingerprint density at radius 2 is 2.03 bits per heavy atom. The highest BCUT2D eigenvalue weighted by molar-refractivity contribution is 8.30. The molecule has 5 rings (SSSR count). The van der Waals surface area contributed by atoms with E-state index in [0.29, 0.717) is 36.9 Å². The molecule has 1 saturated carbocycles. The Morgan fingerprint density at radius 1 is 1.24 bits per heavy atom. The second-order valence-corrected chi connectivity index (χ2v) is 11.3. The summed E-state index contributed by atoms with van der Waals surface area (Å²) in [7, 11) is 0. The van der Waals surface area contributed by atoms with Gasteiger partial charge in [0.2, 0.25) is 0 Å². The van der Waals surface area contributed by atoms with Crippen LogP contribution in [0.5, 0.6) is 0 Å². The molecule has 1 aromatic carbocycles. The molecule has 178 valence electrons. The average Bonchev–Trinajstić information content (AvgIpc) is 3.52. The van der Waals surface area contributed by atoms with Crippen molar-refractivity contribution >= 4 is 68.2 Å². The zero-order valence-corrected chi connectivity index (χ0v) is 21.4. The van der Waals surface area contributed by atoms with Gasteiger partial charge in [0.05, 0.1) is 4.53 Å². The number of fused-ring (bicyclic) bond motifs is 3. The Morgan fingerprint density at radius 3 is 2.71 bits per heavy atom. The van der Waals surface area contributed by atoms with E-state index in [-0.39, 0.29) is 5.91 Å². The van der Waals surface area contributed by atoms with Gasteiger partial charge in [0, 0.05) is 30.7 Å². The number of likely N-dealkylation sites (N-methyl/N-ethyl adjacent to an activating group) is 1. The number of aliphatic carboxylic acids is 1. The number of thioether (sulfide) groups is 1. The summed E-state index contributed by atoms with van der Waals surface area (Å²) in [5.41, 5.74) is 3.12. The fraction of sp³-hybridized carbons (Fsp3) is 0.417. The number of thiazole rings is 1. The van der Waals surface area contributed by atoms with Gasteiger partial charge in [-0.2, -0.15) is 0 Å². The molecule has 0 radical (unpaired) electrons. The third kappa shape index (κ3) is 3.72. The lowest BCUT2D eigenvalue weighted by Gasteiger charge is -2.25. The van der Waals surface area contributed by atoms with E-state index in [4.69, 9.17) is 12.2 Å². The van der Waals surface area contributed by atoms with Crippen molar-refractivity contribution in [2.45, 2.75) is 51.6 Å². The number of hydrogen-bond donors (Lipinski definition) is 1. The Bertz CT molecular complexity index is 1390. The van der Waals surface area contributed by atoms with Crippen molar-refractivity contribution in [3.05, 3.63) is 48.9 Å². The second kappa shape index (κ2) is 8.98. The molecular weight excluding hydrogens is 490 g/mol. The normalized spacial score (nSPS) is 23.8. The van der Waals surface area contributed by atoms with Gasteiger partial charge in [-0.1, -0.05) is 36.5 Å². The number of nitrogens with zero attached hydrogens (tertiary/aromatic N) is 3. The van der Waals surface area contributed by atoms with Crippen molar-refractivity contribution in [1.82, 2.24) is 9.47 Å². The van der Waals surface area contributed by atoms with Crippen LogP contribution in [0, 0.1) is 0 Å². The smallest absolute Gasteiger partial charge is 0.323 e. The molecule has 1 amide bonds. The molecule has 1 aliphatic carbocycles. The maximum Gasteiger partial charge on any atom is 0.323 e. The number of rotatable bonds is 5. The van der Waals surface area contributed by atoms with Crippen LogP contribution < -0.4 is 19.7 Å². The van der Waals surface area contributed by atoms with Crippen LogP contribution in [-0.4, -0.2) is 49.9 Å². The first-order valence-electron chi connectivity index (χ1n) is 11.5. The van der Waals surface area contributed by atoms with E-state index in [1.54, 1.807) is 0 Å². The van der Waals surface area contributed by atoms with E-state index in [1.807, 2.05) is 19.1 Å². The molecule has 0 spiro atoms. The van der Waals surface area contributed by atoms with Crippen LogP contribution in [0.1, 0.15) is 50.2 Å². The predicted octanol–water partition coefficient (Wildman–Crippen LogP) is 2.29. The molecule has 1 aromatic heterocycles. The highest BCUT2D eigenvalue weighted by Crippen LogP contribution is 2.49. The lowest BCUT2D eigenvalue weighted by Crippen LogP contribution is -2.35. The number of aromatic nitrogens is 1. The first-order chi connectivity index (χ1) is 16.3. The molecular formula is C24H25N3O4S3. The summed E-state index contributed by atoms with van der Waals surface area (Å²) >= 11 is 7.58. The van der Waals surface area contributed by atoms with Crippen molar-refractivity contribution in [1.29, 1.82) is 0 Å². The number of thiocarbonyl (C=S) groups is 1. The van der Waals surface area contributed by atoms with E-state index < -0.39 is 18.1 Å². The number of hydrogen-bond acceptors (Lipinski definition) is 7. The van der Waals surface area contributed by atoms with Crippen molar-refractivity contribution < 1.29 is 14.7 Å². The average molecular weight is 516 g/mol. The van der Waals surface area contributed by atoms with Crippen LogP contribution in [0.3, 0.4) is 0 Å². The molecule has 2 aliphatic heterocycles. The topological polar surface area (TPSA) is 82.9 Å². The number of carbonyl (C=O) groups is 2. The summed E-state index contributed by atoms with van der Waals surface area (Å²) in [6, 6.07) is 6.88. The fourth-order valence-electron chi connectivity index (χ4n) is 5.40. The third-order valence-corrected chi connectivity index (χ3v) is 9.54. The molecule has 7 nitrogen and oxygen atoms in total. The molecule has 2 unspecified atom stereocenters. The lowest BCUT2D eigenvalue weighted by atomic mass is 9.96. The third-order valence-electron chi connectivity index (χ3n) is 6.84. The zero-order valence-electron chi connectivity index (χ0n) is 18.9. The standard InChI is InChI=1S/C24H25N3O4S3/c1-3-25-16-7-5-6-14(16)15-10-13(8-9-17(15)25)11-18-21(30)27(12-19(28)29)23(33-18)20-22(31)26(4-2)24(32)34-20/h8-11,14,16H,3-7,12H2,1-2H3,(H,28,29)/b18-11+,23-20+. The van der Waals surface area contributed by atoms with E-state index in [2.05, 4.69) is 24.0 Å². The maximum absolute atomic E-state index is 13.2. The second-order valence-electron chi connectivity index (χ2n) is 8.66. The van der Waals surface area contributed by atoms with Gasteiger partial charge in [-0.3, -0.25) is 23.9 Å². The quantitative estimate of drug-likeness (QED) is 0.612. The molecule has 1 N–H and O–H groups in total. The number of amides is 1. The van der Waals surface area contributed by atoms with Crippen LogP contribution >= 0.6 is 35.3 Å². The van der Waals surface area contributed by atoms with E-state index >= 15 is 0 Å². The van der Waals surface area contributed by atoms with Gasteiger partial charge < -0.3 is 10.0 Å². The van der Waals surface area contributed by atoms with Crippen molar-refractivity contribution in [2.24, 2.45) is 0 Å². The van der Waals surface area contributed by atoms with Crippen LogP contribution in [0.2, 0.25) is 0 Å². The zero-order chi connectivity index (χ0) is 24.1. The molecule has 2 fully saturated rings. The minimum Gasteiger partial charge on any atom is -0.480 e. The minimum atomic E-state index is -1.14. The number of carboxylic acid groups (broad SMARTS) is 1. The first-order valence-corrected chi connectivity index (χ1v) is 13.5. The molecule has 34 heavy (non-hydrogen) atoms. The Balaban J connectivity index is 1.65. The molecule has 10 heteroatoms. The molecule has 3 heterocycles. The summed E-state index contributed by atoms with van der Waals surface area (Å²) in [6.07, 6.45) is 5.43. The molecule has 2 atom stereocenters. The van der Waals surface area contributed by atoms with E-state index in [1.165, 1.54) is 40.0 Å². The maximum atomic E-state index is 13.2. The van der Waals surface area contributed by atoms with Gasteiger partial charge in [-0.15, -0.1) is 11.3 Å². The summed E-state index contributed by atoms with van der Waals surface area (Å²) in [4.78, 5) is 41.9. The van der Waals surface area contributed by atoms with Crippen molar-refractivity contribution in [2.75, 3.05) is 18.0 Å². The van der Waals surface area contributed by atoms with Crippen molar-refractivity contribution in [3.63, 3.8) is 0 Å². The largest absolute Gasteiger partial charge is 0.480 e. The van der Waals surface area contributed by atoms with Crippen LogP contribution in [0.15, 0.2) is 23.0 Å². The summed E-state index contributed by atoms with van der Waals surface area (Å²) < 4.78 is 2.36.